The Morgan fingerprint density at radius 3 is 2.57 bits per heavy atom. The maximum atomic E-state index is 11.1. The Labute approximate surface area is 131 Å². The molecule has 1 atom stereocenters. The highest BCUT2D eigenvalue weighted by atomic mass is 79.9. The normalized spacial score (nSPS) is 12.2. The number of hydrogen-bond donors (Lipinski definition) is 1. The third-order valence-electron chi connectivity index (χ3n) is 2.62. The summed E-state index contributed by atoms with van der Waals surface area (Å²) in [7, 11) is 1.57. The molecule has 0 bridgehead atoms. The van der Waals surface area contributed by atoms with Crippen LogP contribution in [0.25, 0.3) is 0 Å². The van der Waals surface area contributed by atoms with Crippen molar-refractivity contribution < 1.29 is 24.2 Å². The van der Waals surface area contributed by atoms with Crippen molar-refractivity contribution in [2.75, 3.05) is 33.5 Å². The molecule has 0 saturated heterocycles. The van der Waals surface area contributed by atoms with Gasteiger partial charge in [-0.2, -0.15) is 0 Å². The number of rotatable bonds is 9. The lowest BCUT2D eigenvalue weighted by atomic mass is 10.1. The van der Waals surface area contributed by atoms with Gasteiger partial charge in [-0.15, -0.1) is 0 Å². The molecule has 1 N–H and O–H groups in total. The first-order valence-electron chi connectivity index (χ1n) is 6.32. The summed E-state index contributed by atoms with van der Waals surface area (Å²) in [5, 5.41) is 20.8. The number of aliphatic hydroxyl groups excluding tert-OH is 1. The Morgan fingerprint density at radius 1 is 1.33 bits per heavy atom. The van der Waals surface area contributed by atoms with E-state index in [1.807, 2.05) is 0 Å². The molecule has 1 aromatic rings. The minimum absolute atomic E-state index is 0.0635. The highest BCUT2D eigenvalue weighted by molar-refractivity contribution is 9.10. The standard InChI is InChI=1S/C13H18BrNO6/c1-9(16)11-7-10(14)8-12(15(17)18)13(11)21-6-5-20-4-3-19-2/h7-9,16H,3-6H2,1-2H3/t9-/m0/s1. The summed E-state index contributed by atoms with van der Waals surface area (Å²) in [6.45, 7) is 2.83. The lowest BCUT2D eigenvalue weighted by Gasteiger charge is -2.14. The molecule has 21 heavy (non-hydrogen) atoms. The van der Waals surface area contributed by atoms with Crippen LogP contribution in [0.5, 0.6) is 5.75 Å². The molecular weight excluding hydrogens is 346 g/mol. The number of halogens is 1. The van der Waals surface area contributed by atoms with Crippen molar-refractivity contribution in [1.29, 1.82) is 0 Å². The van der Waals surface area contributed by atoms with E-state index in [2.05, 4.69) is 15.9 Å². The molecule has 0 radical (unpaired) electrons. The van der Waals surface area contributed by atoms with Gasteiger partial charge in [0.1, 0.15) is 6.61 Å². The van der Waals surface area contributed by atoms with Gasteiger partial charge in [0, 0.05) is 23.2 Å². The first kappa shape index (κ1) is 17.8. The molecule has 8 heteroatoms. The fourth-order valence-electron chi connectivity index (χ4n) is 1.65. The molecule has 0 aliphatic rings. The van der Waals surface area contributed by atoms with Crippen LogP contribution in [0.3, 0.4) is 0 Å². The second kappa shape index (κ2) is 8.93. The largest absolute Gasteiger partial charge is 0.484 e. The van der Waals surface area contributed by atoms with E-state index in [4.69, 9.17) is 14.2 Å². The summed E-state index contributed by atoms with van der Waals surface area (Å²) in [5.74, 6) is 0.0635. The maximum Gasteiger partial charge on any atom is 0.312 e. The summed E-state index contributed by atoms with van der Waals surface area (Å²) in [6, 6.07) is 2.94. The molecule has 7 nitrogen and oxygen atoms in total. The first-order chi connectivity index (χ1) is 9.97. The Bertz CT molecular complexity index is 480. The molecule has 0 spiro atoms. The zero-order valence-electron chi connectivity index (χ0n) is 11.9. The minimum Gasteiger partial charge on any atom is -0.484 e. The number of nitro groups is 1. The molecule has 0 aliphatic heterocycles. The van der Waals surface area contributed by atoms with Crippen molar-refractivity contribution in [3.05, 3.63) is 32.3 Å². The fourth-order valence-corrected chi connectivity index (χ4v) is 2.11. The van der Waals surface area contributed by atoms with Crippen LogP contribution in [-0.2, 0) is 9.47 Å². The summed E-state index contributed by atoms with van der Waals surface area (Å²) >= 11 is 3.18. The number of nitrogens with zero attached hydrogens (tertiary/aromatic N) is 1. The third-order valence-corrected chi connectivity index (χ3v) is 3.07. The highest BCUT2D eigenvalue weighted by Gasteiger charge is 2.23. The monoisotopic (exact) mass is 363 g/mol. The molecule has 0 aliphatic carbocycles. The van der Waals surface area contributed by atoms with Crippen LogP contribution in [0.15, 0.2) is 16.6 Å². The summed E-state index contributed by atoms with van der Waals surface area (Å²) in [6.07, 6.45) is -0.884. The number of hydrogen-bond acceptors (Lipinski definition) is 6. The van der Waals surface area contributed by atoms with Crippen molar-refractivity contribution in [1.82, 2.24) is 0 Å². The van der Waals surface area contributed by atoms with Crippen LogP contribution in [0.2, 0.25) is 0 Å². The van der Waals surface area contributed by atoms with Gasteiger partial charge in [-0.1, -0.05) is 15.9 Å². The number of ether oxygens (including phenoxy) is 3. The quantitative estimate of drug-likeness (QED) is 0.411. The van der Waals surface area contributed by atoms with Crippen LogP contribution in [-0.4, -0.2) is 43.6 Å². The molecule has 1 rings (SSSR count). The van der Waals surface area contributed by atoms with E-state index >= 15 is 0 Å². The molecule has 0 amide bonds. The van der Waals surface area contributed by atoms with Crippen molar-refractivity contribution in [2.24, 2.45) is 0 Å². The number of benzene rings is 1. The molecule has 0 saturated carbocycles. The number of aliphatic hydroxyl groups is 1. The molecule has 118 valence electrons. The van der Waals surface area contributed by atoms with Crippen LogP contribution < -0.4 is 4.74 Å². The SMILES string of the molecule is COCCOCCOc1c([C@H](C)O)cc(Br)cc1[N+](=O)[O-]. The van der Waals surface area contributed by atoms with Crippen molar-refractivity contribution in [3.63, 3.8) is 0 Å². The highest BCUT2D eigenvalue weighted by Crippen LogP contribution is 2.37. The lowest BCUT2D eigenvalue weighted by Crippen LogP contribution is -2.12. The van der Waals surface area contributed by atoms with E-state index < -0.39 is 11.0 Å². The lowest BCUT2D eigenvalue weighted by molar-refractivity contribution is -0.386. The van der Waals surface area contributed by atoms with Gasteiger partial charge < -0.3 is 19.3 Å². The predicted molar refractivity (Wildman–Crippen MR) is 79.6 cm³/mol. The van der Waals surface area contributed by atoms with E-state index in [-0.39, 0.29) is 24.7 Å². The van der Waals surface area contributed by atoms with Crippen molar-refractivity contribution in [3.8, 4) is 5.75 Å². The average Bonchev–Trinajstić information content (AvgIpc) is 2.42. The van der Waals surface area contributed by atoms with Crippen molar-refractivity contribution >= 4 is 21.6 Å². The maximum absolute atomic E-state index is 11.1. The Morgan fingerprint density at radius 2 is 2.00 bits per heavy atom. The van der Waals surface area contributed by atoms with Gasteiger partial charge in [0.15, 0.2) is 0 Å². The summed E-state index contributed by atoms with van der Waals surface area (Å²) in [5.41, 5.74) is 0.158. The Hall–Kier alpha value is -1.22. The molecule has 0 heterocycles. The second-order valence-electron chi connectivity index (χ2n) is 4.23. The third kappa shape index (κ3) is 5.58. The molecule has 0 unspecified atom stereocenters. The van der Waals surface area contributed by atoms with Gasteiger partial charge >= 0.3 is 5.69 Å². The first-order valence-corrected chi connectivity index (χ1v) is 7.12. The smallest absolute Gasteiger partial charge is 0.312 e. The van der Waals surface area contributed by atoms with Gasteiger partial charge in [-0.05, 0) is 13.0 Å². The molecular formula is C13H18BrNO6. The average molecular weight is 364 g/mol. The fraction of sp³-hybridized carbons (Fsp3) is 0.538. The minimum atomic E-state index is -0.884. The Balaban J connectivity index is 2.80. The molecule has 1 aromatic carbocycles. The number of nitro benzene ring substituents is 1. The van der Waals surface area contributed by atoms with Crippen LogP contribution in [0.1, 0.15) is 18.6 Å². The predicted octanol–water partition coefficient (Wildman–Crippen LogP) is 2.45. The second-order valence-corrected chi connectivity index (χ2v) is 5.15. The van der Waals surface area contributed by atoms with E-state index in [0.717, 1.165) is 0 Å². The van der Waals surface area contributed by atoms with E-state index in [9.17, 15) is 15.2 Å². The van der Waals surface area contributed by atoms with Crippen LogP contribution >= 0.6 is 15.9 Å². The zero-order valence-corrected chi connectivity index (χ0v) is 13.5. The molecule has 0 fully saturated rings. The topological polar surface area (TPSA) is 91.1 Å². The van der Waals surface area contributed by atoms with Gasteiger partial charge in [0.2, 0.25) is 5.75 Å². The van der Waals surface area contributed by atoms with Crippen LogP contribution in [0.4, 0.5) is 5.69 Å². The summed E-state index contributed by atoms with van der Waals surface area (Å²) < 4.78 is 16.0. The van der Waals surface area contributed by atoms with E-state index in [1.165, 1.54) is 13.0 Å². The van der Waals surface area contributed by atoms with Crippen LogP contribution in [0, 0.1) is 10.1 Å². The van der Waals surface area contributed by atoms with Gasteiger partial charge in [0.05, 0.1) is 30.8 Å². The zero-order chi connectivity index (χ0) is 15.8. The van der Waals surface area contributed by atoms with E-state index in [0.29, 0.717) is 23.2 Å². The number of methoxy groups -OCH3 is 1. The molecule has 0 aromatic heterocycles. The van der Waals surface area contributed by atoms with Gasteiger partial charge in [0.25, 0.3) is 0 Å². The van der Waals surface area contributed by atoms with Crippen molar-refractivity contribution in [2.45, 2.75) is 13.0 Å². The summed E-state index contributed by atoms with van der Waals surface area (Å²) in [4.78, 5) is 10.6. The van der Waals surface area contributed by atoms with Gasteiger partial charge in [-0.3, -0.25) is 10.1 Å². The van der Waals surface area contributed by atoms with Gasteiger partial charge in [-0.25, -0.2) is 0 Å². The Kier molecular flexibility index (Phi) is 7.58. The van der Waals surface area contributed by atoms with E-state index in [1.54, 1.807) is 13.2 Å².